The molecule has 98 valence electrons. The molecule has 0 radical (unpaired) electrons. The van der Waals surface area contributed by atoms with Crippen molar-refractivity contribution in [2.75, 3.05) is 25.1 Å². The minimum atomic E-state index is -0.377. The van der Waals surface area contributed by atoms with Gasteiger partial charge < -0.3 is 10.1 Å². The van der Waals surface area contributed by atoms with E-state index in [-0.39, 0.29) is 10.6 Å². The SMILES string of the molecule is C=C(C)COCCNc1ccc(C)c([N+](=O)[O-])c1. The van der Waals surface area contributed by atoms with Gasteiger partial charge in [0.15, 0.2) is 0 Å². The quantitative estimate of drug-likeness (QED) is 0.350. The lowest BCUT2D eigenvalue weighted by atomic mass is 10.2. The average Bonchev–Trinajstić information content (AvgIpc) is 2.30. The Morgan fingerprint density at radius 3 is 2.89 bits per heavy atom. The summed E-state index contributed by atoms with van der Waals surface area (Å²) >= 11 is 0. The molecule has 0 atom stereocenters. The van der Waals surface area contributed by atoms with Crippen LogP contribution in [0.1, 0.15) is 12.5 Å². The summed E-state index contributed by atoms with van der Waals surface area (Å²) in [6, 6.07) is 5.09. The van der Waals surface area contributed by atoms with Crippen LogP contribution in [0.5, 0.6) is 0 Å². The number of nitrogens with one attached hydrogen (secondary N) is 1. The number of anilines is 1. The van der Waals surface area contributed by atoms with E-state index in [0.29, 0.717) is 25.3 Å². The van der Waals surface area contributed by atoms with Crippen LogP contribution in [0.15, 0.2) is 30.4 Å². The van der Waals surface area contributed by atoms with Gasteiger partial charge in [-0.1, -0.05) is 18.2 Å². The van der Waals surface area contributed by atoms with Crippen LogP contribution in [-0.2, 0) is 4.74 Å². The van der Waals surface area contributed by atoms with Crippen molar-refractivity contribution in [1.29, 1.82) is 0 Å². The lowest BCUT2D eigenvalue weighted by Gasteiger charge is -2.08. The molecule has 1 rings (SSSR count). The molecule has 0 bridgehead atoms. The van der Waals surface area contributed by atoms with Crippen molar-refractivity contribution < 1.29 is 9.66 Å². The molecule has 0 saturated carbocycles. The van der Waals surface area contributed by atoms with Crippen LogP contribution in [0, 0.1) is 17.0 Å². The topological polar surface area (TPSA) is 64.4 Å². The molecule has 1 N–H and O–H groups in total. The summed E-state index contributed by atoms with van der Waals surface area (Å²) < 4.78 is 5.32. The summed E-state index contributed by atoms with van der Waals surface area (Å²) in [5.74, 6) is 0. The van der Waals surface area contributed by atoms with Gasteiger partial charge in [-0.25, -0.2) is 0 Å². The van der Waals surface area contributed by atoms with Crippen LogP contribution in [0.25, 0.3) is 0 Å². The van der Waals surface area contributed by atoms with E-state index < -0.39 is 0 Å². The summed E-state index contributed by atoms with van der Waals surface area (Å²) in [4.78, 5) is 10.4. The highest BCUT2D eigenvalue weighted by Crippen LogP contribution is 2.21. The monoisotopic (exact) mass is 250 g/mol. The van der Waals surface area contributed by atoms with E-state index in [4.69, 9.17) is 4.74 Å². The minimum absolute atomic E-state index is 0.128. The molecule has 0 amide bonds. The third-order valence-electron chi connectivity index (χ3n) is 2.33. The maximum absolute atomic E-state index is 10.8. The Kier molecular flexibility index (Phi) is 5.32. The Morgan fingerprint density at radius 1 is 1.56 bits per heavy atom. The normalized spacial score (nSPS) is 10.1. The smallest absolute Gasteiger partial charge is 0.274 e. The van der Waals surface area contributed by atoms with Gasteiger partial charge in [-0.15, -0.1) is 0 Å². The Hall–Kier alpha value is -1.88. The first kappa shape index (κ1) is 14.2. The van der Waals surface area contributed by atoms with Crippen molar-refractivity contribution in [2.24, 2.45) is 0 Å². The first-order valence-corrected chi connectivity index (χ1v) is 5.71. The van der Waals surface area contributed by atoms with E-state index in [2.05, 4.69) is 11.9 Å². The Balaban J connectivity index is 2.45. The number of aryl methyl sites for hydroxylation is 1. The summed E-state index contributed by atoms with van der Waals surface area (Å²) in [5, 5.41) is 13.9. The number of ether oxygens (including phenoxy) is 1. The number of nitro benzene ring substituents is 1. The summed E-state index contributed by atoms with van der Waals surface area (Å²) in [6.07, 6.45) is 0. The van der Waals surface area contributed by atoms with E-state index in [1.54, 1.807) is 13.0 Å². The highest BCUT2D eigenvalue weighted by molar-refractivity contribution is 5.54. The molecule has 0 unspecified atom stereocenters. The lowest BCUT2D eigenvalue weighted by Crippen LogP contribution is -2.10. The maximum atomic E-state index is 10.8. The van der Waals surface area contributed by atoms with E-state index in [1.165, 1.54) is 6.07 Å². The molecule has 1 aromatic carbocycles. The number of nitrogens with zero attached hydrogens (tertiary/aromatic N) is 1. The Bertz CT molecular complexity index is 444. The molecule has 0 spiro atoms. The number of hydrogen-bond acceptors (Lipinski definition) is 4. The van der Waals surface area contributed by atoms with Crippen molar-refractivity contribution in [2.45, 2.75) is 13.8 Å². The van der Waals surface area contributed by atoms with E-state index >= 15 is 0 Å². The lowest BCUT2D eigenvalue weighted by molar-refractivity contribution is -0.385. The molecule has 0 heterocycles. The zero-order chi connectivity index (χ0) is 13.5. The molecule has 5 nitrogen and oxygen atoms in total. The van der Waals surface area contributed by atoms with Crippen LogP contribution in [0.4, 0.5) is 11.4 Å². The average molecular weight is 250 g/mol. The third kappa shape index (κ3) is 4.55. The second-order valence-electron chi connectivity index (χ2n) is 4.19. The molecule has 18 heavy (non-hydrogen) atoms. The predicted octanol–water partition coefficient (Wildman–Crippen LogP) is 2.91. The van der Waals surface area contributed by atoms with Crippen molar-refractivity contribution in [1.82, 2.24) is 0 Å². The second kappa shape index (κ2) is 6.76. The van der Waals surface area contributed by atoms with Crippen LogP contribution in [0.3, 0.4) is 0 Å². The van der Waals surface area contributed by atoms with Gasteiger partial charge in [0.1, 0.15) is 0 Å². The number of rotatable bonds is 7. The standard InChI is InChI=1S/C13H18N2O3/c1-10(2)9-18-7-6-14-12-5-4-11(3)13(8-12)15(16)17/h4-5,8,14H,1,6-7,9H2,2-3H3. The summed E-state index contributed by atoms with van der Waals surface area (Å²) in [5.41, 5.74) is 2.49. The highest BCUT2D eigenvalue weighted by atomic mass is 16.6. The first-order chi connectivity index (χ1) is 8.50. The van der Waals surface area contributed by atoms with Crippen LogP contribution >= 0.6 is 0 Å². The fourth-order valence-electron chi connectivity index (χ4n) is 1.43. The molecule has 0 aliphatic rings. The van der Waals surface area contributed by atoms with E-state index in [9.17, 15) is 10.1 Å². The second-order valence-corrected chi connectivity index (χ2v) is 4.19. The summed E-state index contributed by atoms with van der Waals surface area (Å²) in [7, 11) is 0. The van der Waals surface area contributed by atoms with Gasteiger partial charge in [-0.3, -0.25) is 10.1 Å². The van der Waals surface area contributed by atoms with Gasteiger partial charge >= 0.3 is 0 Å². The van der Waals surface area contributed by atoms with Crippen molar-refractivity contribution in [3.8, 4) is 0 Å². The van der Waals surface area contributed by atoms with E-state index in [1.807, 2.05) is 13.0 Å². The van der Waals surface area contributed by atoms with Gasteiger partial charge in [-0.2, -0.15) is 0 Å². The minimum Gasteiger partial charge on any atom is -0.383 e. The van der Waals surface area contributed by atoms with Crippen molar-refractivity contribution >= 4 is 11.4 Å². The molecule has 0 saturated heterocycles. The molecular weight excluding hydrogens is 232 g/mol. The molecule has 5 heteroatoms. The van der Waals surface area contributed by atoms with Crippen molar-refractivity contribution in [3.63, 3.8) is 0 Å². The van der Waals surface area contributed by atoms with Crippen LogP contribution < -0.4 is 5.32 Å². The molecule has 0 aromatic heterocycles. The first-order valence-electron chi connectivity index (χ1n) is 5.71. The number of nitro groups is 1. The van der Waals surface area contributed by atoms with E-state index in [0.717, 1.165) is 11.3 Å². The fraction of sp³-hybridized carbons (Fsp3) is 0.385. The largest absolute Gasteiger partial charge is 0.383 e. The Morgan fingerprint density at radius 2 is 2.28 bits per heavy atom. The highest BCUT2D eigenvalue weighted by Gasteiger charge is 2.10. The van der Waals surface area contributed by atoms with Gasteiger partial charge in [0.05, 0.1) is 18.1 Å². The van der Waals surface area contributed by atoms with Gasteiger partial charge in [0, 0.05) is 23.9 Å². The zero-order valence-corrected chi connectivity index (χ0v) is 10.7. The maximum Gasteiger partial charge on any atom is 0.274 e. The molecule has 0 aliphatic heterocycles. The number of benzene rings is 1. The third-order valence-corrected chi connectivity index (χ3v) is 2.33. The fourth-order valence-corrected chi connectivity index (χ4v) is 1.43. The molecule has 1 aromatic rings. The molecular formula is C13H18N2O3. The molecule has 0 fully saturated rings. The number of hydrogen-bond donors (Lipinski definition) is 1. The van der Waals surface area contributed by atoms with Crippen LogP contribution in [0.2, 0.25) is 0 Å². The van der Waals surface area contributed by atoms with Gasteiger partial charge in [-0.05, 0) is 19.9 Å². The van der Waals surface area contributed by atoms with Gasteiger partial charge in [0.2, 0.25) is 0 Å². The van der Waals surface area contributed by atoms with Crippen LogP contribution in [-0.4, -0.2) is 24.7 Å². The Labute approximate surface area is 107 Å². The zero-order valence-electron chi connectivity index (χ0n) is 10.7. The van der Waals surface area contributed by atoms with Gasteiger partial charge in [0.25, 0.3) is 5.69 Å². The van der Waals surface area contributed by atoms with Crippen molar-refractivity contribution in [3.05, 3.63) is 46.0 Å². The molecule has 0 aliphatic carbocycles. The predicted molar refractivity (Wildman–Crippen MR) is 72.0 cm³/mol. The summed E-state index contributed by atoms with van der Waals surface area (Å²) in [6.45, 7) is 9.03.